The van der Waals surface area contributed by atoms with E-state index < -0.39 is 0 Å². The zero-order valence-electron chi connectivity index (χ0n) is 8.22. The lowest BCUT2D eigenvalue weighted by molar-refractivity contribution is 0.734. The van der Waals surface area contributed by atoms with Crippen LogP contribution in [0.5, 0.6) is 0 Å². The van der Waals surface area contributed by atoms with E-state index in [1.807, 2.05) is 31.2 Å². The molecular formula is C11H13N3. The van der Waals surface area contributed by atoms with E-state index in [0.717, 1.165) is 5.56 Å². The third-order valence-electron chi connectivity index (χ3n) is 2.04. The first-order valence-electron chi connectivity index (χ1n) is 4.49. The summed E-state index contributed by atoms with van der Waals surface area (Å²) in [6.45, 7) is 5.67. The summed E-state index contributed by atoms with van der Waals surface area (Å²) in [7, 11) is 0. The van der Waals surface area contributed by atoms with Gasteiger partial charge in [0.2, 0.25) is 0 Å². The molecular weight excluding hydrogens is 174 g/mol. The van der Waals surface area contributed by atoms with E-state index in [1.54, 1.807) is 6.08 Å². The highest BCUT2D eigenvalue weighted by Gasteiger charge is 2.06. The van der Waals surface area contributed by atoms with Crippen molar-refractivity contribution < 1.29 is 0 Å². The Hall–Kier alpha value is -1.73. The average Bonchev–Trinajstić information content (AvgIpc) is 2.19. The number of aryl methyl sites for hydroxylation is 1. The van der Waals surface area contributed by atoms with Gasteiger partial charge in [0.1, 0.15) is 0 Å². The number of nitrogens with zero attached hydrogens (tertiary/aromatic N) is 3. The van der Waals surface area contributed by atoms with Crippen molar-refractivity contribution in [2.75, 3.05) is 0 Å². The van der Waals surface area contributed by atoms with Crippen molar-refractivity contribution in [1.29, 1.82) is 0 Å². The van der Waals surface area contributed by atoms with Gasteiger partial charge in [-0.05, 0) is 24.4 Å². The molecule has 0 aliphatic heterocycles. The highest BCUT2D eigenvalue weighted by atomic mass is 15.1. The Bertz CT molecular complexity index is 347. The van der Waals surface area contributed by atoms with Gasteiger partial charge in [-0.15, -0.1) is 6.58 Å². The molecule has 1 aromatic carbocycles. The number of rotatable bonds is 4. The number of azide groups is 1. The normalized spacial score (nSPS) is 11.5. The predicted octanol–water partition coefficient (Wildman–Crippen LogP) is 3.92. The fraction of sp³-hybridized carbons (Fsp3) is 0.273. The van der Waals surface area contributed by atoms with E-state index in [-0.39, 0.29) is 6.04 Å². The van der Waals surface area contributed by atoms with Crippen LogP contribution in [0, 0.1) is 6.92 Å². The summed E-state index contributed by atoms with van der Waals surface area (Å²) < 4.78 is 0. The molecule has 3 heteroatoms. The molecule has 3 nitrogen and oxygen atoms in total. The molecule has 0 aliphatic carbocycles. The lowest BCUT2D eigenvalue weighted by Gasteiger charge is -2.08. The van der Waals surface area contributed by atoms with Gasteiger partial charge < -0.3 is 0 Å². The third-order valence-corrected chi connectivity index (χ3v) is 2.04. The molecule has 1 rings (SSSR count). The van der Waals surface area contributed by atoms with Crippen LogP contribution < -0.4 is 0 Å². The molecule has 0 heterocycles. The third kappa shape index (κ3) is 2.64. The lowest BCUT2D eigenvalue weighted by Crippen LogP contribution is -1.92. The van der Waals surface area contributed by atoms with Crippen LogP contribution in [0.2, 0.25) is 0 Å². The molecule has 0 saturated carbocycles. The Labute approximate surface area is 83.7 Å². The van der Waals surface area contributed by atoms with E-state index >= 15 is 0 Å². The molecule has 0 aliphatic rings. The average molecular weight is 187 g/mol. The molecule has 0 radical (unpaired) electrons. The van der Waals surface area contributed by atoms with Gasteiger partial charge in [0, 0.05) is 4.91 Å². The second kappa shape index (κ2) is 5.10. The Balaban J connectivity index is 2.92. The summed E-state index contributed by atoms with van der Waals surface area (Å²) in [6.07, 6.45) is 2.44. The van der Waals surface area contributed by atoms with Gasteiger partial charge in [-0.25, -0.2) is 0 Å². The Kier molecular flexibility index (Phi) is 3.77. The van der Waals surface area contributed by atoms with Crippen LogP contribution >= 0.6 is 0 Å². The highest BCUT2D eigenvalue weighted by Crippen LogP contribution is 2.21. The lowest BCUT2D eigenvalue weighted by atomic mass is 10.0. The molecule has 0 spiro atoms. The van der Waals surface area contributed by atoms with Gasteiger partial charge in [0.15, 0.2) is 0 Å². The molecule has 0 fully saturated rings. The summed E-state index contributed by atoms with van der Waals surface area (Å²) in [4.78, 5) is 2.83. The Morgan fingerprint density at radius 1 is 1.50 bits per heavy atom. The fourth-order valence-electron chi connectivity index (χ4n) is 1.26. The molecule has 1 atom stereocenters. The van der Waals surface area contributed by atoms with Crippen LogP contribution in [-0.4, -0.2) is 0 Å². The SMILES string of the molecule is C=CCC(N=[N+]=[N-])c1ccc(C)cc1. The van der Waals surface area contributed by atoms with E-state index in [0.29, 0.717) is 6.42 Å². The van der Waals surface area contributed by atoms with E-state index in [2.05, 4.69) is 16.6 Å². The van der Waals surface area contributed by atoms with Gasteiger partial charge in [0.05, 0.1) is 6.04 Å². The van der Waals surface area contributed by atoms with Gasteiger partial charge in [-0.2, -0.15) is 0 Å². The maximum absolute atomic E-state index is 8.40. The van der Waals surface area contributed by atoms with E-state index in [1.165, 1.54) is 5.56 Å². The summed E-state index contributed by atoms with van der Waals surface area (Å²) >= 11 is 0. The van der Waals surface area contributed by atoms with Crippen LogP contribution in [0.3, 0.4) is 0 Å². The van der Waals surface area contributed by atoms with Crippen LogP contribution in [0.15, 0.2) is 42.0 Å². The first-order valence-corrected chi connectivity index (χ1v) is 4.49. The molecule has 0 amide bonds. The smallest absolute Gasteiger partial charge is 0.0659 e. The molecule has 72 valence electrons. The Morgan fingerprint density at radius 3 is 2.64 bits per heavy atom. The highest BCUT2D eigenvalue weighted by molar-refractivity contribution is 5.24. The van der Waals surface area contributed by atoms with Crippen LogP contribution in [-0.2, 0) is 0 Å². The van der Waals surface area contributed by atoms with Gasteiger partial charge in [-0.3, -0.25) is 0 Å². The second-order valence-corrected chi connectivity index (χ2v) is 3.16. The molecule has 14 heavy (non-hydrogen) atoms. The van der Waals surface area contributed by atoms with Crippen molar-refractivity contribution in [3.63, 3.8) is 0 Å². The molecule has 0 aromatic heterocycles. The summed E-state index contributed by atoms with van der Waals surface area (Å²) in [6, 6.07) is 7.87. The molecule has 1 unspecified atom stereocenters. The number of benzene rings is 1. The molecule has 0 bridgehead atoms. The monoisotopic (exact) mass is 187 g/mol. The van der Waals surface area contributed by atoms with Gasteiger partial charge in [-0.1, -0.05) is 41.0 Å². The Morgan fingerprint density at radius 2 is 2.14 bits per heavy atom. The van der Waals surface area contributed by atoms with Crippen LogP contribution in [0.25, 0.3) is 10.4 Å². The molecule has 0 N–H and O–H groups in total. The number of hydrogen-bond acceptors (Lipinski definition) is 1. The quantitative estimate of drug-likeness (QED) is 0.297. The zero-order chi connectivity index (χ0) is 10.4. The zero-order valence-corrected chi connectivity index (χ0v) is 8.22. The first kappa shape index (κ1) is 10.4. The maximum atomic E-state index is 8.40. The first-order chi connectivity index (χ1) is 6.77. The molecule has 0 saturated heterocycles. The fourth-order valence-corrected chi connectivity index (χ4v) is 1.26. The van der Waals surface area contributed by atoms with Crippen molar-refractivity contribution in [2.24, 2.45) is 5.11 Å². The minimum absolute atomic E-state index is 0.127. The van der Waals surface area contributed by atoms with E-state index in [4.69, 9.17) is 5.53 Å². The van der Waals surface area contributed by atoms with Gasteiger partial charge >= 0.3 is 0 Å². The standard InChI is InChI=1S/C11H13N3/c1-3-4-11(13-14-12)10-7-5-9(2)6-8-10/h3,5-8,11H,1,4H2,2H3. The van der Waals surface area contributed by atoms with Gasteiger partial charge in [0.25, 0.3) is 0 Å². The minimum atomic E-state index is -0.127. The predicted molar refractivity (Wildman–Crippen MR) is 57.9 cm³/mol. The largest absolute Gasteiger partial charge is 0.103 e. The van der Waals surface area contributed by atoms with Crippen LogP contribution in [0.4, 0.5) is 0 Å². The summed E-state index contributed by atoms with van der Waals surface area (Å²) in [5.74, 6) is 0. The van der Waals surface area contributed by atoms with E-state index in [9.17, 15) is 0 Å². The topological polar surface area (TPSA) is 48.8 Å². The van der Waals surface area contributed by atoms with Crippen molar-refractivity contribution in [1.82, 2.24) is 0 Å². The van der Waals surface area contributed by atoms with Crippen molar-refractivity contribution >= 4 is 0 Å². The number of hydrogen-bond donors (Lipinski definition) is 0. The van der Waals surface area contributed by atoms with Crippen molar-refractivity contribution in [3.05, 3.63) is 58.5 Å². The van der Waals surface area contributed by atoms with Crippen LogP contribution in [0.1, 0.15) is 23.6 Å². The summed E-state index contributed by atoms with van der Waals surface area (Å²) in [5, 5.41) is 3.72. The second-order valence-electron chi connectivity index (χ2n) is 3.16. The van der Waals surface area contributed by atoms with Crippen molar-refractivity contribution in [3.8, 4) is 0 Å². The maximum Gasteiger partial charge on any atom is 0.0659 e. The van der Waals surface area contributed by atoms with Crippen molar-refractivity contribution in [2.45, 2.75) is 19.4 Å². The summed E-state index contributed by atoms with van der Waals surface area (Å²) in [5.41, 5.74) is 10.6. The minimum Gasteiger partial charge on any atom is -0.103 e. The molecule has 1 aromatic rings.